The van der Waals surface area contributed by atoms with Crippen LogP contribution in [0.3, 0.4) is 0 Å². The number of aliphatic hydroxyl groups is 1. The molecular weight excluding hydrogens is 522 g/mol. The minimum absolute atomic E-state index is 0.0444. The van der Waals surface area contributed by atoms with Crippen LogP contribution >= 0.6 is 0 Å². The third kappa shape index (κ3) is 6.59. The maximum atomic E-state index is 13.6. The molecule has 11 nitrogen and oxygen atoms in total. The van der Waals surface area contributed by atoms with Crippen LogP contribution in [-0.4, -0.2) is 53.7 Å². The first-order valence-electron chi connectivity index (χ1n) is 14.1. The van der Waals surface area contributed by atoms with E-state index in [4.69, 9.17) is 21.1 Å². The van der Waals surface area contributed by atoms with Gasteiger partial charge in [0.25, 0.3) is 15.9 Å². The van der Waals surface area contributed by atoms with E-state index < -0.39 is 47.7 Å². The van der Waals surface area contributed by atoms with Crippen LogP contribution in [0, 0.1) is 0 Å². The van der Waals surface area contributed by atoms with Crippen LogP contribution in [-0.2, 0) is 15.4 Å². The monoisotopic (exact) mass is 556 g/mol. The van der Waals surface area contributed by atoms with Crippen LogP contribution in [0.1, 0.15) is 33.2 Å². The van der Waals surface area contributed by atoms with Crippen LogP contribution in [0.2, 0.25) is 0 Å². The lowest BCUT2D eigenvalue weighted by atomic mass is 9.87. The van der Waals surface area contributed by atoms with E-state index in [2.05, 4.69) is 24.7 Å². The van der Waals surface area contributed by atoms with Gasteiger partial charge in [0.1, 0.15) is 6.61 Å². The summed E-state index contributed by atoms with van der Waals surface area (Å²) >= 11 is 0. The molecule has 0 amide bonds. The third-order valence-electron chi connectivity index (χ3n) is 5.31. The average Bonchev–Trinajstić information content (AvgIpc) is 2.92. The molecule has 12 heteroatoms. The first-order valence-corrected chi connectivity index (χ1v) is 13.0. The van der Waals surface area contributed by atoms with Gasteiger partial charge in [0, 0.05) is 12.4 Å². The van der Waals surface area contributed by atoms with Crippen LogP contribution in [0.5, 0.6) is 23.1 Å². The highest BCUT2D eigenvalue weighted by molar-refractivity contribution is 7.92. The number of hydrogen-bond acceptors (Lipinski definition) is 10. The Bertz CT molecular complexity index is 1710. The van der Waals surface area contributed by atoms with E-state index >= 15 is 0 Å². The zero-order chi connectivity index (χ0) is 32.3. The van der Waals surface area contributed by atoms with E-state index in [0.29, 0.717) is 0 Å². The zero-order valence-corrected chi connectivity index (χ0v) is 22.1. The van der Waals surface area contributed by atoms with E-state index in [9.17, 15) is 13.5 Å². The Balaban J connectivity index is 1.89. The normalized spacial score (nSPS) is 14.2. The summed E-state index contributed by atoms with van der Waals surface area (Å²) < 4.78 is 83.4. The molecule has 2 aromatic heterocycles. The molecule has 204 valence electrons. The topological polar surface area (TPSA) is 146 Å². The van der Waals surface area contributed by atoms with Gasteiger partial charge in [-0.1, -0.05) is 45.0 Å². The summed E-state index contributed by atoms with van der Waals surface area (Å²) in [5.41, 5.74) is 0.660. The lowest BCUT2D eigenvalue weighted by Gasteiger charge is -2.20. The van der Waals surface area contributed by atoms with Gasteiger partial charge in [-0.25, -0.2) is 23.4 Å². The molecule has 0 aliphatic carbocycles. The van der Waals surface area contributed by atoms with Gasteiger partial charge in [0.15, 0.2) is 23.1 Å². The zero-order valence-electron chi connectivity index (χ0n) is 26.2. The first-order chi connectivity index (χ1) is 20.4. The second-order valence-corrected chi connectivity index (χ2v) is 10.8. The van der Waals surface area contributed by atoms with Crippen molar-refractivity contribution in [1.82, 2.24) is 19.9 Å². The van der Waals surface area contributed by atoms with Gasteiger partial charge in [-0.15, -0.1) is 0 Å². The van der Waals surface area contributed by atoms with Crippen molar-refractivity contribution < 1.29 is 34.6 Å². The number of para-hydroxylation sites is 2. The fourth-order valence-electron chi connectivity index (χ4n) is 3.35. The smallest absolute Gasteiger partial charge is 0.263 e. The van der Waals surface area contributed by atoms with Crippen LogP contribution in [0.25, 0.3) is 11.6 Å². The van der Waals surface area contributed by atoms with E-state index in [-0.39, 0.29) is 33.5 Å². The standard InChI is InChI=1S/C27H29N5O6S/c1-27(2,3)18-10-12-19(13-11-18)39(34,35)32-23-22(38-21-9-6-5-8-20(21)36-4)26(37-17-16-33)31-25(30-23)24-28-14-7-15-29-24/h5-15,33H,16-17H2,1-4H3,(H,30,31,32)/i4D3,16D2. The molecule has 4 rings (SSSR count). The van der Waals surface area contributed by atoms with Gasteiger partial charge in [-0.3, -0.25) is 4.72 Å². The highest BCUT2D eigenvalue weighted by Gasteiger charge is 2.26. The molecule has 0 saturated heterocycles. The van der Waals surface area contributed by atoms with Crippen molar-refractivity contribution in [3.63, 3.8) is 0 Å². The molecule has 0 bridgehead atoms. The van der Waals surface area contributed by atoms with Crippen molar-refractivity contribution in [2.45, 2.75) is 31.1 Å². The summed E-state index contributed by atoms with van der Waals surface area (Å²) in [6.45, 7) is 2.16. The number of ether oxygens (including phenoxy) is 3. The number of hydrogen-bond donors (Lipinski definition) is 2. The Morgan fingerprint density at radius 2 is 1.67 bits per heavy atom. The molecule has 2 aromatic carbocycles. The number of nitrogens with zero attached hydrogens (tertiary/aromatic N) is 4. The molecule has 2 N–H and O–H groups in total. The van der Waals surface area contributed by atoms with E-state index in [1.165, 1.54) is 54.9 Å². The van der Waals surface area contributed by atoms with E-state index in [1.807, 2.05) is 20.8 Å². The van der Waals surface area contributed by atoms with Gasteiger partial charge in [-0.2, -0.15) is 4.98 Å². The SMILES string of the molecule is [2H]C([2H])(O)COc1nc(-c2ncccn2)nc(NS(=O)(=O)c2ccc(C(C)(C)C)cc2)c1Oc1ccccc1OC([2H])([2H])[2H]. The van der Waals surface area contributed by atoms with Crippen molar-refractivity contribution in [2.75, 3.05) is 24.9 Å². The molecular formula is C27H29N5O6S. The molecule has 0 aliphatic rings. The summed E-state index contributed by atoms with van der Waals surface area (Å²) in [6, 6.07) is 13.4. The second kappa shape index (κ2) is 11.6. The molecule has 0 unspecified atom stereocenters. The van der Waals surface area contributed by atoms with Gasteiger partial charge in [-0.05, 0) is 41.3 Å². The predicted molar refractivity (Wildman–Crippen MR) is 145 cm³/mol. The average molecular weight is 557 g/mol. The van der Waals surface area contributed by atoms with Gasteiger partial charge >= 0.3 is 0 Å². The number of methoxy groups -OCH3 is 1. The Hall–Kier alpha value is -4.29. The Kier molecular flexibility index (Phi) is 6.44. The Labute approximate surface area is 234 Å². The van der Waals surface area contributed by atoms with E-state index in [1.54, 1.807) is 12.1 Å². The second-order valence-electron chi connectivity index (χ2n) is 9.08. The molecule has 0 saturated carbocycles. The lowest BCUT2D eigenvalue weighted by molar-refractivity contribution is 0.192. The summed E-state index contributed by atoms with van der Waals surface area (Å²) in [6.07, 6.45) is 2.79. The summed E-state index contributed by atoms with van der Waals surface area (Å²) in [5.74, 6) is -2.22. The molecule has 0 spiro atoms. The van der Waals surface area contributed by atoms with Gasteiger partial charge in [0.05, 0.1) is 25.3 Å². The van der Waals surface area contributed by atoms with Gasteiger partial charge in [0.2, 0.25) is 11.6 Å². The first kappa shape index (κ1) is 21.6. The predicted octanol–water partition coefficient (Wildman–Crippen LogP) is 4.20. The van der Waals surface area contributed by atoms with Crippen molar-refractivity contribution in [1.29, 1.82) is 0 Å². The maximum Gasteiger partial charge on any atom is 0.263 e. The van der Waals surface area contributed by atoms with E-state index in [0.717, 1.165) is 5.56 Å². The van der Waals surface area contributed by atoms with Gasteiger partial charge < -0.3 is 19.3 Å². The van der Waals surface area contributed by atoms with Crippen LogP contribution in [0.15, 0.2) is 71.9 Å². The highest BCUT2D eigenvalue weighted by atomic mass is 32.2. The van der Waals surface area contributed by atoms with Crippen molar-refractivity contribution >= 4 is 15.8 Å². The van der Waals surface area contributed by atoms with Crippen LogP contribution < -0.4 is 18.9 Å². The number of benzene rings is 2. The highest BCUT2D eigenvalue weighted by Crippen LogP contribution is 2.41. The number of aromatic nitrogens is 4. The minimum Gasteiger partial charge on any atom is -0.493 e. The minimum atomic E-state index is -4.35. The van der Waals surface area contributed by atoms with Crippen molar-refractivity contribution in [3.8, 4) is 34.8 Å². The largest absolute Gasteiger partial charge is 0.493 e. The van der Waals surface area contributed by atoms with Crippen molar-refractivity contribution in [3.05, 3.63) is 72.6 Å². The Morgan fingerprint density at radius 1 is 0.974 bits per heavy atom. The molecule has 0 atom stereocenters. The molecule has 0 aliphatic heterocycles. The number of sulfonamides is 1. The fraction of sp³-hybridized carbons (Fsp3) is 0.259. The maximum absolute atomic E-state index is 13.6. The summed E-state index contributed by atoms with van der Waals surface area (Å²) in [7, 11) is -7.21. The summed E-state index contributed by atoms with van der Waals surface area (Å²) in [5, 5.41) is 9.71. The summed E-state index contributed by atoms with van der Waals surface area (Å²) in [4.78, 5) is 16.5. The molecule has 0 radical (unpaired) electrons. The lowest BCUT2D eigenvalue weighted by Crippen LogP contribution is -2.17. The molecule has 4 aromatic rings. The van der Waals surface area contributed by atoms with Crippen molar-refractivity contribution in [2.24, 2.45) is 0 Å². The molecule has 39 heavy (non-hydrogen) atoms. The number of anilines is 1. The number of rotatable bonds is 10. The fourth-order valence-corrected chi connectivity index (χ4v) is 4.36. The third-order valence-corrected chi connectivity index (χ3v) is 6.66. The molecule has 0 fully saturated rings. The number of nitrogens with one attached hydrogen (secondary N) is 1. The quantitative estimate of drug-likeness (QED) is 0.291. The van der Waals surface area contributed by atoms with Crippen LogP contribution in [0.4, 0.5) is 5.82 Å². The Morgan fingerprint density at radius 3 is 2.31 bits per heavy atom. The molecule has 2 heterocycles.